The van der Waals surface area contributed by atoms with Crippen LogP contribution in [0.5, 0.6) is 0 Å². The Morgan fingerprint density at radius 3 is 1.96 bits per heavy atom. The molecule has 0 bridgehead atoms. The predicted molar refractivity (Wildman–Crippen MR) is 110 cm³/mol. The summed E-state index contributed by atoms with van der Waals surface area (Å²) in [5.41, 5.74) is 5.22. The molecule has 0 aliphatic carbocycles. The van der Waals surface area contributed by atoms with Gasteiger partial charge in [-0.3, -0.25) is 4.79 Å². The Bertz CT molecular complexity index is 878. The Kier molecular flexibility index (Phi) is 6.59. The fraction of sp³-hybridized carbons (Fsp3) is 0.333. The summed E-state index contributed by atoms with van der Waals surface area (Å²) >= 11 is 0. The van der Waals surface area contributed by atoms with Crippen LogP contribution in [0.4, 0.5) is 0 Å². The Morgan fingerprint density at radius 1 is 1.00 bits per heavy atom. The van der Waals surface area contributed by atoms with Crippen molar-refractivity contribution in [3.63, 3.8) is 0 Å². The van der Waals surface area contributed by atoms with Gasteiger partial charge in [0, 0.05) is 30.1 Å². The van der Waals surface area contributed by atoms with Crippen LogP contribution in [0.2, 0.25) is 0 Å². The average molecular weight is 400 g/mol. The first-order chi connectivity index (χ1) is 13.5. The number of carbonyl (C=O) groups is 1. The lowest BCUT2D eigenvalue weighted by molar-refractivity contribution is -0.126. The van der Waals surface area contributed by atoms with E-state index in [1.165, 1.54) is 4.31 Å². The molecule has 148 valence electrons. The molecule has 2 aromatic carbocycles. The molecule has 6 nitrogen and oxygen atoms in total. The van der Waals surface area contributed by atoms with Crippen molar-refractivity contribution in [1.82, 2.24) is 9.73 Å². The van der Waals surface area contributed by atoms with Crippen molar-refractivity contribution in [3.05, 3.63) is 71.8 Å². The third kappa shape index (κ3) is 4.85. The smallest absolute Gasteiger partial charge is 0.243 e. The number of hydrogen-bond donors (Lipinski definition) is 1. The van der Waals surface area contributed by atoms with Gasteiger partial charge in [0.2, 0.25) is 15.9 Å². The second kappa shape index (κ2) is 9.12. The summed E-state index contributed by atoms with van der Waals surface area (Å²) < 4.78 is 25.4. The lowest BCUT2D eigenvalue weighted by atomic mass is 9.97. The third-order valence-electron chi connectivity index (χ3n) is 4.96. The number of nitrogens with one attached hydrogen (secondary N) is 1. The summed E-state index contributed by atoms with van der Waals surface area (Å²) in [5, 5.41) is 4.41. The molecule has 1 amide bonds. The summed E-state index contributed by atoms with van der Waals surface area (Å²) in [7, 11) is -3.19. The van der Waals surface area contributed by atoms with E-state index >= 15 is 0 Å². The normalized spacial score (nSPS) is 15.8. The number of carbonyl (C=O) groups excluding carboxylic acids is 1. The highest BCUT2D eigenvalue weighted by Gasteiger charge is 2.30. The second-order valence-electron chi connectivity index (χ2n) is 6.74. The molecule has 3 rings (SSSR count). The first kappa shape index (κ1) is 20.2. The zero-order valence-electron chi connectivity index (χ0n) is 15.9. The van der Waals surface area contributed by atoms with Crippen LogP contribution < -0.4 is 5.43 Å². The van der Waals surface area contributed by atoms with Crippen molar-refractivity contribution in [2.75, 3.05) is 18.8 Å². The van der Waals surface area contributed by atoms with Crippen molar-refractivity contribution >= 4 is 21.6 Å². The first-order valence-corrected chi connectivity index (χ1v) is 11.1. The quantitative estimate of drug-likeness (QED) is 0.599. The van der Waals surface area contributed by atoms with Gasteiger partial charge >= 0.3 is 0 Å². The lowest BCUT2D eigenvalue weighted by Gasteiger charge is -2.29. The maximum atomic E-state index is 12.6. The number of nitrogens with zero attached hydrogens (tertiary/aromatic N) is 2. The Balaban J connectivity index is 1.71. The van der Waals surface area contributed by atoms with Gasteiger partial charge in [0.15, 0.2) is 0 Å². The Morgan fingerprint density at radius 2 is 1.50 bits per heavy atom. The van der Waals surface area contributed by atoms with Crippen molar-refractivity contribution in [2.45, 2.75) is 19.8 Å². The summed E-state index contributed by atoms with van der Waals surface area (Å²) in [4.78, 5) is 12.6. The number of piperidine rings is 1. The number of rotatable bonds is 6. The van der Waals surface area contributed by atoms with E-state index in [9.17, 15) is 13.2 Å². The number of benzene rings is 2. The van der Waals surface area contributed by atoms with Crippen LogP contribution in [0.25, 0.3) is 0 Å². The second-order valence-corrected chi connectivity index (χ2v) is 9.00. The fourth-order valence-corrected chi connectivity index (χ4v) is 4.40. The van der Waals surface area contributed by atoms with Crippen LogP contribution in [0.15, 0.2) is 65.8 Å². The van der Waals surface area contributed by atoms with Gasteiger partial charge in [-0.15, -0.1) is 0 Å². The molecule has 0 radical (unpaired) electrons. The molecule has 0 unspecified atom stereocenters. The molecule has 1 N–H and O–H groups in total. The molecule has 28 heavy (non-hydrogen) atoms. The number of amides is 1. The largest absolute Gasteiger partial charge is 0.273 e. The maximum Gasteiger partial charge on any atom is 0.243 e. The van der Waals surface area contributed by atoms with Gasteiger partial charge in [0.1, 0.15) is 0 Å². The zero-order valence-corrected chi connectivity index (χ0v) is 16.7. The average Bonchev–Trinajstić information content (AvgIpc) is 2.75. The minimum Gasteiger partial charge on any atom is -0.273 e. The molecular formula is C21H25N3O3S. The minimum absolute atomic E-state index is 0.0890. The molecule has 0 aromatic heterocycles. The van der Waals surface area contributed by atoms with Gasteiger partial charge in [0.05, 0.1) is 11.5 Å². The molecule has 1 aliphatic heterocycles. The molecule has 0 atom stereocenters. The van der Waals surface area contributed by atoms with Gasteiger partial charge in [0.25, 0.3) is 0 Å². The highest BCUT2D eigenvalue weighted by molar-refractivity contribution is 7.89. The van der Waals surface area contributed by atoms with Crippen LogP contribution in [0, 0.1) is 5.92 Å². The molecule has 7 heteroatoms. The van der Waals surface area contributed by atoms with E-state index in [0.29, 0.717) is 31.6 Å². The van der Waals surface area contributed by atoms with Crippen LogP contribution in [0.1, 0.15) is 30.9 Å². The van der Waals surface area contributed by atoms with Crippen LogP contribution in [0.3, 0.4) is 0 Å². The molecule has 1 heterocycles. The van der Waals surface area contributed by atoms with Gasteiger partial charge in [-0.2, -0.15) is 5.10 Å². The van der Waals surface area contributed by atoms with E-state index in [1.807, 2.05) is 60.7 Å². The van der Waals surface area contributed by atoms with E-state index in [0.717, 1.165) is 11.1 Å². The van der Waals surface area contributed by atoms with Crippen LogP contribution in [-0.2, 0) is 14.8 Å². The van der Waals surface area contributed by atoms with Gasteiger partial charge in [-0.1, -0.05) is 60.7 Å². The topological polar surface area (TPSA) is 78.8 Å². The first-order valence-electron chi connectivity index (χ1n) is 9.47. The highest BCUT2D eigenvalue weighted by Crippen LogP contribution is 2.20. The van der Waals surface area contributed by atoms with Crippen LogP contribution in [-0.4, -0.2) is 43.2 Å². The summed E-state index contributed by atoms with van der Waals surface area (Å²) in [5.74, 6) is -0.316. The minimum atomic E-state index is -3.19. The van der Waals surface area contributed by atoms with E-state index in [1.54, 1.807) is 6.92 Å². The maximum absolute atomic E-state index is 12.6. The summed E-state index contributed by atoms with van der Waals surface area (Å²) in [6.45, 7) is 2.39. The number of sulfonamides is 1. The summed E-state index contributed by atoms with van der Waals surface area (Å²) in [6, 6.07) is 19.4. The standard InChI is InChI=1S/C21H25N3O3S/c1-2-28(26,27)24-15-13-19(14-16-24)21(25)23-22-20(17-9-5-3-6-10-17)18-11-7-4-8-12-18/h3-12,19H,2,13-16H2,1H3,(H,23,25). The monoisotopic (exact) mass is 399 g/mol. The van der Waals surface area contributed by atoms with Gasteiger partial charge in [-0.25, -0.2) is 18.1 Å². The highest BCUT2D eigenvalue weighted by atomic mass is 32.2. The van der Waals surface area contributed by atoms with Gasteiger partial charge < -0.3 is 0 Å². The molecule has 1 fully saturated rings. The third-order valence-corrected chi connectivity index (χ3v) is 6.84. The molecule has 2 aromatic rings. The van der Waals surface area contributed by atoms with Crippen molar-refractivity contribution in [1.29, 1.82) is 0 Å². The van der Waals surface area contributed by atoms with Gasteiger partial charge in [-0.05, 0) is 19.8 Å². The zero-order chi connectivity index (χ0) is 20.0. The van der Waals surface area contributed by atoms with E-state index in [4.69, 9.17) is 0 Å². The van der Waals surface area contributed by atoms with Crippen molar-refractivity contribution in [3.8, 4) is 0 Å². The molecule has 1 saturated heterocycles. The molecule has 1 aliphatic rings. The summed E-state index contributed by atoms with van der Waals surface area (Å²) in [6.07, 6.45) is 1.01. The van der Waals surface area contributed by atoms with E-state index in [-0.39, 0.29) is 17.6 Å². The molecule has 0 saturated carbocycles. The predicted octanol–water partition coefficient (Wildman–Crippen LogP) is 2.62. The van der Waals surface area contributed by atoms with Crippen LogP contribution >= 0.6 is 0 Å². The van der Waals surface area contributed by atoms with E-state index in [2.05, 4.69) is 10.5 Å². The SMILES string of the molecule is CCS(=O)(=O)N1CCC(C(=O)NN=C(c2ccccc2)c2ccccc2)CC1. The lowest BCUT2D eigenvalue weighted by Crippen LogP contribution is -2.42. The Hall–Kier alpha value is -2.51. The van der Waals surface area contributed by atoms with Crippen molar-refractivity contribution in [2.24, 2.45) is 11.0 Å². The number of hydrogen-bond acceptors (Lipinski definition) is 4. The Labute approximate surface area is 166 Å². The van der Waals surface area contributed by atoms with Crippen molar-refractivity contribution < 1.29 is 13.2 Å². The fourth-order valence-electron chi connectivity index (χ4n) is 3.27. The number of hydrazone groups is 1. The molecule has 0 spiro atoms. The molecular weight excluding hydrogens is 374 g/mol. The van der Waals surface area contributed by atoms with E-state index < -0.39 is 10.0 Å².